The second-order valence-corrected chi connectivity index (χ2v) is 6.54. The van der Waals surface area contributed by atoms with Crippen LogP contribution in [0.1, 0.15) is 15.9 Å². The second kappa shape index (κ2) is 7.67. The van der Waals surface area contributed by atoms with Crippen LogP contribution < -0.4 is 14.8 Å². The van der Waals surface area contributed by atoms with Gasteiger partial charge in [0.15, 0.2) is 17.1 Å². The van der Waals surface area contributed by atoms with Crippen molar-refractivity contribution in [3.63, 3.8) is 0 Å². The molecule has 3 aromatic carbocycles. The first-order valence-electron chi connectivity index (χ1n) is 9.09. The number of aromatic nitrogens is 1. The topological polar surface area (TPSA) is 73.6 Å². The molecule has 0 spiro atoms. The first-order chi connectivity index (χ1) is 14.1. The fourth-order valence-corrected chi connectivity index (χ4v) is 3.06. The monoisotopic (exact) mass is 388 g/mol. The first kappa shape index (κ1) is 18.6. The van der Waals surface area contributed by atoms with Gasteiger partial charge in [-0.1, -0.05) is 18.2 Å². The van der Waals surface area contributed by atoms with Gasteiger partial charge in [0.25, 0.3) is 5.91 Å². The van der Waals surface area contributed by atoms with Crippen LogP contribution in [0.3, 0.4) is 0 Å². The molecular formula is C23H20N2O4. The number of benzene rings is 3. The molecule has 0 fully saturated rings. The molecule has 0 bridgehead atoms. The van der Waals surface area contributed by atoms with E-state index < -0.39 is 0 Å². The fraction of sp³-hybridized carbons (Fsp3) is 0.130. The Labute approximate surface area is 168 Å². The van der Waals surface area contributed by atoms with Crippen LogP contribution in [0.25, 0.3) is 22.6 Å². The lowest BCUT2D eigenvalue weighted by molar-refractivity contribution is 0.102. The predicted molar refractivity (Wildman–Crippen MR) is 112 cm³/mol. The Kier molecular flexibility index (Phi) is 4.91. The summed E-state index contributed by atoms with van der Waals surface area (Å²) in [6.45, 7) is 1.93. The number of hydrogen-bond acceptors (Lipinski definition) is 5. The van der Waals surface area contributed by atoms with Gasteiger partial charge < -0.3 is 19.2 Å². The molecule has 0 aliphatic carbocycles. The molecule has 6 heteroatoms. The minimum absolute atomic E-state index is 0.247. The van der Waals surface area contributed by atoms with Gasteiger partial charge in [0, 0.05) is 16.8 Å². The molecule has 0 atom stereocenters. The molecule has 0 saturated heterocycles. The number of hydrogen-bond donors (Lipinski definition) is 1. The zero-order chi connectivity index (χ0) is 20.4. The van der Waals surface area contributed by atoms with Gasteiger partial charge in [0.2, 0.25) is 5.89 Å². The smallest absolute Gasteiger partial charge is 0.255 e. The molecule has 4 rings (SSSR count). The number of carbonyl (C=O) groups excluding carboxylic acids is 1. The zero-order valence-corrected chi connectivity index (χ0v) is 16.4. The van der Waals surface area contributed by atoms with E-state index in [0.29, 0.717) is 28.6 Å². The van der Waals surface area contributed by atoms with Crippen LogP contribution in [-0.4, -0.2) is 25.1 Å². The first-order valence-corrected chi connectivity index (χ1v) is 9.09. The Hall–Kier alpha value is -3.80. The fourth-order valence-electron chi connectivity index (χ4n) is 3.06. The molecular weight excluding hydrogens is 368 g/mol. The van der Waals surface area contributed by atoms with Crippen molar-refractivity contribution in [1.82, 2.24) is 4.98 Å². The van der Waals surface area contributed by atoms with Crippen molar-refractivity contribution in [3.05, 3.63) is 71.8 Å². The van der Waals surface area contributed by atoms with Crippen molar-refractivity contribution in [2.45, 2.75) is 6.92 Å². The number of para-hydroxylation sites is 2. The van der Waals surface area contributed by atoms with E-state index in [1.54, 1.807) is 25.3 Å². The molecule has 1 heterocycles. The Morgan fingerprint density at radius 3 is 2.52 bits per heavy atom. The molecule has 146 valence electrons. The number of nitrogens with one attached hydrogen (secondary N) is 1. The summed E-state index contributed by atoms with van der Waals surface area (Å²) >= 11 is 0. The highest BCUT2D eigenvalue weighted by Gasteiger charge is 2.14. The number of fused-ring (bicyclic) bond motifs is 1. The maximum atomic E-state index is 12.8. The van der Waals surface area contributed by atoms with Gasteiger partial charge in [-0.3, -0.25) is 4.79 Å². The number of rotatable bonds is 5. The van der Waals surface area contributed by atoms with Crippen molar-refractivity contribution < 1.29 is 18.7 Å². The van der Waals surface area contributed by atoms with E-state index in [-0.39, 0.29) is 5.91 Å². The quantitative estimate of drug-likeness (QED) is 0.516. The molecule has 1 amide bonds. The summed E-state index contributed by atoms with van der Waals surface area (Å²) in [5, 5.41) is 2.95. The number of oxazole rings is 1. The molecule has 0 radical (unpaired) electrons. The van der Waals surface area contributed by atoms with Gasteiger partial charge >= 0.3 is 0 Å². The van der Waals surface area contributed by atoms with Gasteiger partial charge in [0.05, 0.1) is 14.2 Å². The number of amides is 1. The molecule has 0 aliphatic rings. The van der Waals surface area contributed by atoms with Gasteiger partial charge in [-0.25, -0.2) is 4.98 Å². The lowest BCUT2D eigenvalue weighted by atomic mass is 10.1. The van der Waals surface area contributed by atoms with Gasteiger partial charge in [-0.15, -0.1) is 0 Å². The van der Waals surface area contributed by atoms with Crippen LogP contribution in [-0.2, 0) is 0 Å². The van der Waals surface area contributed by atoms with Crippen molar-refractivity contribution in [2.75, 3.05) is 19.5 Å². The molecule has 4 aromatic rings. The average Bonchev–Trinajstić information content (AvgIpc) is 3.19. The van der Waals surface area contributed by atoms with Crippen LogP contribution in [0.5, 0.6) is 11.5 Å². The van der Waals surface area contributed by atoms with Crippen molar-refractivity contribution in [1.29, 1.82) is 0 Å². The minimum atomic E-state index is -0.247. The van der Waals surface area contributed by atoms with E-state index in [9.17, 15) is 4.79 Å². The predicted octanol–water partition coefficient (Wildman–Crippen LogP) is 5.07. The second-order valence-electron chi connectivity index (χ2n) is 6.54. The standard InChI is InChI=1S/C23H20N2O4/c1-14-8-9-16(23-25-17-6-4-5-7-19(17)29-23)12-18(14)24-22(26)15-10-11-20(27-2)21(13-15)28-3/h4-13H,1-3H3,(H,24,26). The summed E-state index contributed by atoms with van der Waals surface area (Å²) in [6, 6.07) is 18.3. The average molecular weight is 388 g/mol. The number of methoxy groups -OCH3 is 2. The summed E-state index contributed by atoms with van der Waals surface area (Å²) in [5.74, 6) is 1.33. The van der Waals surface area contributed by atoms with Crippen molar-refractivity contribution in [3.8, 4) is 23.0 Å². The molecule has 0 unspecified atom stereocenters. The van der Waals surface area contributed by atoms with Crippen LogP contribution in [0, 0.1) is 6.92 Å². The third-order valence-electron chi connectivity index (χ3n) is 4.67. The molecule has 1 N–H and O–H groups in total. The lowest BCUT2D eigenvalue weighted by Gasteiger charge is -2.12. The van der Waals surface area contributed by atoms with E-state index in [4.69, 9.17) is 13.9 Å². The van der Waals surface area contributed by atoms with Crippen LogP contribution in [0.2, 0.25) is 0 Å². The summed E-state index contributed by atoms with van der Waals surface area (Å²) < 4.78 is 16.3. The van der Waals surface area contributed by atoms with E-state index in [1.165, 1.54) is 7.11 Å². The number of aryl methyl sites for hydroxylation is 1. The van der Waals surface area contributed by atoms with Crippen LogP contribution >= 0.6 is 0 Å². The minimum Gasteiger partial charge on any atom is -0.493 e. The zero-order valence-electron chi connectivity index (χ0n) is 16.4. The number of ether oxygens (including phenoxy) is 2. The van der Waals surface area contributed by atoms with Gasteiger partial charge in [-0.2, -0.15) is 0 Å². The van der Waals surface area contributed by atoms with Crippen LogP contribution in [0.15, 0.2) is 65.1 Å². The third kappa shape index (κ3) is 3.65. The molecule has 29 heavy (non-hydrogen) atoms. The molecule has 1 aromatic heterocycles. The summed E-state index contributed by atoms with van der Waals surface area (Å²) in [4.78, 5) is 17.3. The summed E-state index contributed by atoms with van der Waals surface area (Å²) in [5.41, 5.74) is 4.38. The van der Waals surface area contributed by atoms with Crippen LogP contribution in [0.4, 0.5) is 5.69 Å². The summed E-state index contributed by atoms with van der Waals surface area (Å²) in [6.07, 6.45) is 0. The maximum Gasteiger partial charge on any atom is 0.255 e. The maximum absolute atomic E-state index is 12.8. The van der Waals surface area contributed by atoms with Crippen molar-refractivity contribution in [2.24, 2.45) is 0 Å². The third-order valence-corrected chi connectivity index (χ3v) is 4.67. The Morgan fingerprint density at radius 2 is 1.76 bits per heavy atom. The van der Waals surface area contributed by atoms with Crippen molar-refractivity contribution >= 4 is 22.7 Å². The highest BCUT2D eigenvalue weighted by molar-refractivity contribution is 6.05. The highest BCUT2D eigenvalue weighted by Crippen LogP contribution is 2.30. The Morgan fingerprint density at radius 1 is 0.966 bits per heavy atom. The number of carbonyl (C=O) groups is 1. The lowest BCUT2D eigenvalue weighted by Crippen LogP contribution is -2.13. The van der Waals surface area contributed by atoms with E-state index in [2.05, 4.69) is 10.3 Å². The van der Waals surface area contributed by atoms with Gasteiger partial charge in [-0.05, 0) is 55.0 Å². The normalized spacial score (nSPS) is 10.7. The highest BCUT2D eigenvalue weighted by atomic mass is 16.5. The Bertz CT molecular complexity index is 1160. The molecule has 6 nitrogen and oxygen atoms in total. The van der Waals surface area contributed by atoms with Gasteiger partial charge in [0.1, 0.15) is 5.52 Å². The molecule has 0 aliphatic heterocycles. The molecule has 0 saturated carbocycles. The number of nitrogens with zero attached hydrogens (tertiary/aromatic N) is 1. The largest absolute Gasteiger partial charge is 0.493 e. The Balaban J connectivity index is 1.63. The van der Waals surface area contributed by atoms with E-state index in [1.807, 2.05) is 49.4 Å². The van der Waals surface area contributed by atoms with E-state index in [0.717, 1.165) is 22.2 Å². The number of anilines is 1. The SMILES string of the molecule is COc1ccc(C(=O)Nc2cc(-c3nc4ccccc4o3)ccc2C)cc1OC. The van der Waals surface area contributed by atoms with E-state index >= 15 is 0 Å². The summed E-state index contributed by atoms with van der Waals surface area (Å²) in [7, 11) is 3.09.